The van der Waals surface area contributed by atoms with E-state index in [-0.39, 0.29) is 0 Å². The molecule has 0 aliphatic rings. The molecule has 20 heavy (non-hydrogen) atoms. The van der Waals surface area contributed by atoms with Crippen LogP contribution >= 0.6 is 0 Å². The molecule has 0 amide bonds. The zero-order valence-electron chi connectivity index (χ0n) is 10.8. The largest absolute Gasteiger partial charge is 0.475 e. The molecule has 0 aliphatic heterocycles. The molecule has 0 radical (unpaired) electrons. The van der Waals surface area contributed by atoms with Gasteiger partial charge in [0, 0.05) is 18.6 Å². The lowest BCUT2D eigenvalue weighted by Gasteiger charge is -2.06. The maximum atomic E-state index is 5.53. The van der Waals surface area contributed by atoms with Gasteiger partial charge in [0.15, 0.2) is 0 Å². The average Bonchev–Trinajstić information content (AvgIpc) is 3.02. The third-order valence-corrected chi connectivity index (χ3v) is 2.71. The van der Waals surface area contributed by atoms with E-state index >= 15 is 0 Å². The standard InChI is InChI=1S/C14H13N5O/c1-2-4-16-12(3-1)13-9-18-14(10-17-13)20-8-7-19-6-5-15-11-19/h1-6,9-11H,7-8H2. The zero-order valence-corrected chi connectivity index (χ0v) is 10.8. The molecule has 0 atom stereocenters. The van der Waals surface area contributed by atoms with E-state index in [1.54, 1.807) is 31.1 Å². The van der Waals surface area contributed by atoms with Crippen molar-refractivity contribution in [2.75, 3.05) is 6.61 Å². The Morgan fingerprint density at radius 2 is 2.00 bits per heavy atom. The van der Waals surface area contributed by atoms with Gasteiger partial charge in [-0.2, -0.15) is 0 Å². The number of hydrogen-bond acceptors (Lipinski definition) is 5. The molecule has 6 nitrogen and oxygen atoms in total. The Hall–Kier alpha value is -2.76. The summed E-state index contributed by atoms with van der Waals surface area (Å²) in [6.45, 7) is 1.25. The predicted molar refractivity (Wildman–Crippen MR) is 73.0 cm³/mol. The molecule has 0 N–H and O–H groups in total. The van der Waals surface area contributed by atoms with Gasteiger partial charge in [-0.25, -0.2) is 15.0 Å². The van der Waals surface area contributed by atoms with E-state index in [4.69, 9.17) is 4.74 Å². The van der Waals surface area contributed by atoms with Crippen LogP contribution in [-0.2, 0) is 6.54 Å². The van der Waals surface area contributed by atoms with Gasteiger partial charge in [-0.1, -0.05) is 6.07 Å². The van der Waals surface area contributed by atoms with Gasteiger partial charge in [0.1, 0.15) is 12.3 Å². The second-order valence-electron chi connectivity index (χ2n) is 4.10. The van der Waals surface area contributed by atoms with Crippen molar-refractivity contribution in [3.8, 4) is 17.3 Å². The highest BCUT2D eigenvalue weighted by molar-refractivity contribution is 5.51. The van der Waals surface area contributed by atoms with Crippen LogP contribution in [0.15, 0.2) is 55.5 Å². The fourth-order valence-electron chi connectivity index (χ4n) is 1.71. The molecule has 0 fully saturated rings. The molecule has 6 heteroatoms. The fourth-order valence-corrected chi connectivity index (χ4v) is 1.71. The SMILES string of the molecule is c1ccc(-c2cnc(OCCn3ccnc3)cn2)nc1. The lowest BCUT2D eigenvalue weighted by Crippen LogP contribution is -2.07. The molecular weight excluding hydrogens is 254 g/mol. The van der Waals surface area contributed by atoms with Gasteiger partial charge < -0.3 is 9.30 Å². The van der Waals surface area contributed by atoms with E-state index in [0.717, 1.165) is 17.9 Å². The van der Waals surface area contributed by atoms with Crippen LogP contribution in [0.3, 0.4) is 0 Å². The first-order valence-corrected chi connectivity index (χ1v) is 6.24. The van der Waals surface area contributed by atoms with Crippen molar-refractivity contribution >= 4 is 0 Å². The molecule has 0 saturated carbocycles. The minimum Gasteiger partial charge on any atom is -0.475 e. The Labute approximate surface area is 116 Å². The minimum atomic E-state index is 0.504. The maximum absolute atomic E-state index is 5.53. The molecule has 3 aromatic heterocycles. The summed E-state index contributed by atoms with van der Waals surface area (Å²) in [4.78, 5) is 16.7. The van der Waals surface area contributed by atoms with Gasteiger partial charge in [-0.05, 0) is 12.1 Å². The van der Waals surface area contributed by atoms with Crippen LogP contribution in [0.2, 0.25) is 0 Å². The van der Waals surface area contributed by atoms with E-state index in [0.29, 0.717) is 12.5 Å². The van der Waals surface area contributed by atoms with Crippen molar-refractivity contribution in [3.05, 3.63) is 55.5 Å². The monoisotopic (exact) mass is 267 g/mol. The Bertz CT molecular complexity index is 637. The summed E-state index contributed by atoms with van der Waals surface area (Å²) in [5.74, 6) is 0.504. The molecule has 0 bridgehead atoms. The Morgan fingerprint density at radius 1 is 1.00 bits per heavy atom. The van der Waals surface area contributed by atoms with E-state index < -0.39 is 0 Å². The first-order valence-electron chi connectivity index (χ1n) is 6.24. The lowest BCUT2D eigenvalue weighted by atomic mass is 10.3. The third kappa shape index (κ3) is 2.97. The molecule has 0 spiro atoms. The van der Waals surface area contributed by atoms with Crippen molar-refractivity contribution < 1.29 is 4.74 Å². The summed E-state index contributed by atoms with van der Waals surface area (Å²) in [5, 5.41) is 0. The van der Waals surface area contributed by atoms with Gasteiger partial charge in [0.05, 0.1) is 31.0 Å². The van der Waals surface area contributed by atoms with Crippen molar-refractivity contribution in [3.63, 3.8) is 0 Å². The number of hydrogen-bond donors (Lipinski definition) is 0. The normalized spacial score (nSPS) is 10.4. The molecule has 0 unspecified atom stereocenters. The highest BCUT2D eigenvalue weighted by Crippen LogP contribution is 2.13. The predicted octanol–water partition coefficient (Wildman–Crippen LogP) is 1.81. The van der Waals surface area contributed by atoms with Crippen molar-refractivity contribution in [2.24, 2.45) is 0 Å². The molecule has 3 aromatic rings. The zero-order chi connectivity index (χ0) is 13.6. The fraction of sp³-hybridized carbons (Fsp3) is 0.143. The first kappa shape index (κ1) is 12.3. The van der Waals surface area contributed by atoms with Crippen LogP contribution < -0.4 is 4.74 Å². The minimum absolute atomic E-state index is 0.504. The molecule has 3 rings (SSSR count). The summed E-state index contributed by atoms with van der Waals surface area (Å²) >= 11 is 0. The molecular formula is C14H13N5O. The summed E-state index contributed by atoms with van der Waals surface area (Å²) in [6, 6.07) is 5.67. The Morgan fingerprint density at radius 3 is 2.70 bits per heavy atom. The molecule has 0 aliphatic carbocycles. The van der Waals surface area contributed by atoms with Crippen LogP contribution in [0.1, 0.15) is 0 Å². The number of ether oxygens (including phenoxy) is 1. The van der Waals surface area contributed by atoms with Gasteiger partial charge in [0.2, 0.25) is 5.88 Å². The summed E-state index contributed by atoms with van der Waals surface area (Å²) < 4.78 is 7.47. The van der Waals surface area contributed by atoms with Crippen LogP contribution in [0.4, 0.5) is 0 Å². The topological polar surface area (TPSA) is 65.7 Å². The average molecular weight is 267 g/mol. The quantitative estimate of drug-likeness (QED) is 0.705. The first-order chi connectivity index (χ1) is 9.92. The number of nitrogens with zero attached hydrogens (tertiary/aromatic N) is 5. The number of imidazole rings is 1. The van der Waals surface area contributed by atoms with Crippen molar-refractivity contribution in [1.82, 2.24) is 24.5 Å². The third-order valence-electron chi connectivity index (χ3n) is 2.71. The Kier molecular flexibility index (Phi) is 3.64. The van der Waals surface area contributed by atoms with Crippen molar-refractivity contribution in [1.29, 1.82) is 0 Å². The van der Waals surface area contributed by atoms with Crippen LogP contribution in [0.5, 0.6) is 5.88 Å². The summed E-state index contributed by atoms with van der Waals surface area (Å²) in [7, 11) is 0. The Balaban J connectivity index is 1.59. The van der Waals surface area contributed by atoms with Crippen LogP contribution in [-0.4, -0.2) is 31.1 Å². The summed E-state index contributed by atoms with van der Waals surface area (Å²) in [6.07, 6.45) is 10.4. The number of pyridine rings is 1. The molecule has 0 saturated heterocycles. The smallest absolute Gasteiger partial charge is 0.232 e. The van der Waals surface area contributed by atoms with Gasteiger partial charge >= 0.3 is 0 Å². The summed E-state index contributed by atoms with van der Waals surface area (Å²) in [5.41, 5.74) is 1.53. The van der Waals surface area contributed by atoms with E-state index in [1.807, 2.05) is 29.0 Å². The van der Waals surface area contributed by atoms with Gasteiger partial charge in [0.25, 0.3) is 0 Å². The number of aromatic nitrogens is 5. The van der Waals surface area contributed by atoms with Gasteiger partial charge in [-0.15, -0.1) is 0 Å². The highest BCUT2D eigenvalue weighted by Gasteiger charge is 2.02. The van der Waals surface area contributed by atoms with Gasteiger partial charge in [-0.3, -0.25) is 4.98 Å². The number of rotatable bonds is 5. The van der Waals surface area contributed by atoms with E-state index in [1.165, 1.54) is 0 Å². The van der Waals surface area contributed by atoms with E-state index in [9.17, 15) is 0 Å². The second-order valence-corrected chi connectivity index (χ2v) is 4.10. The molecule has 0 aromatic carbocycles. The lowest BCUT2D eigenvalue weighted by molar-refractivity contribution is 0.286. The van der Waals surface area contributed by atoms with Crippen molar-refractivity contribution in [2.45, 2.75) is 6.54 Å². The second kappa shape index (κ2) is 5.92. The van der Waals surface area contributed by atoms with E-state index in [2.05, 4.69) is 19.9 Å². The van der Waals surface area contributed by atoms with Crippen LogP contribution in [0.25, 0.3) is 11.4 Å². The highest BCUT2D eigenvalue weighted by atomic mass is 16.5. The molecule has 3 heterocycles. The maximum Gasteiger partial charge on any atom is 0.232 e. The van der Waals surface area contributed by atoms with Crippen LogP contribution in [0, 0.1) is 0 Å². The molecule has 100 valence electrons.